The van der Waals surface area contributed by atoms with E-state index in [1.54, 1.807) is 20.5 Å². The van der Waals surface area contributed by atoms with Crippen LogP contribution >= 0.6 is 0 Å². The summed E-state index contributed by atoms with van der Waals surface area (Å²) in [4.78, 5) is 4.49. The van der Waals surface area contributed by atoms with Gasteiger partial charge in [0.2, 0.25) is 5.89 Å². The van der Waals surface area contributed by atoms with Crippen LogP contribution in [0.1, 0.15) is 26.5 Å². The Morgan fingerprint density at radius 1 is 1.10 bits per heavy atom. The first-order valence-electron chi connectivity index (χ1n) is 6.84. The molecule has 1 aromatic heterocycles. The van der Waals surface area contributed by atoms with E-state index in [9.17, 15) is 0 Å². The first-order valence-corrected chi connectivity index (χ1v) is 6.84. The summed E-state index contributed by atoms with van der Waals surface area (Å²) >= 11 is 0. The fourth-order valence-corrected chi connectivity index (χ4v) is 1.81. The minimum Gasteiger partial charge on any atom is -0.497 e. The fraction of sp³-hybridized carbons (Fsp3) is 0.438. The minimum atomic E-state index is 0.0400. The van der Waals surface area contributed by atoms with Gasteiger partial charge in [0.15, 0.2) is 0 Å². The normalized spacial score (nSPS) is 11.5. The highest BCUT2D eigenvalue weighted by Gasteiger charge is 2.13. The molecule has 0 aliphatic carbocycles. The summed E-state index contributed by atoms with van der Waals surface area (Å²) in [6.45, 7) is 7.00. The maximum Gasteiger partial charge on any atom is 0.226 e. The average molecular weight is 290 g/mol. The first-order chi connectivity index (χ1) is 9.91. The van der Waals surface area contributed by atoms with Crippen LogP contribution in [0.4, 0.5) is 0 Å². The van der Waals surface area contributed by atoms with Gasteiger partial charge in [-0.2, -0.15) is 0 Å². The van der Waals surface area contributed by atoms with Crippen molar-refractivity contribution < 1.29 is 13.9 Å². The van der Waals surface area contributed by atoms with Crippen molar-refractivity contribution in [3.05, 3.63) is 30.2 Å². The lowest BCUT2D eigenvalue weighted by Gasteiger charge is -2.19. The molecule has 1 heterocycles. The largest absolute Gasteiger partial charge is 0.497 e. The van der Waals surface area contributed by atoms with E-state index in [2.05, 4.69) is 31.1 Å². The van der Waals surface area contributed by atoms with Crippen LogP contribution in [0, 0.1) is 0 Å². The molecular weight excluding hydrogens is 268 g/mol. The molecule has 0 unspecified atom stereocenters. The molecule has 0 amide bonds. The Balaban J connectivity index is 2.21. The molecule has 0 bridgehead atoms. The predicted octanol–water partition coefficient (Wildman–Crippen LogP) is 3.25. The third kappa shape index (κ3) is 4.23. The number of benzene rings is 1. The average Bonchev–Trinajstić information content (AvgIpc) is 2.92. The molecule has 0 spiro atoms. The van der Waals surface area contributed by atoms with Gasteiger partial charge in [0.1, 0.15) is 17.8 Å². The second kappa shape index (κ2) is 6.18. The Morgan fingerprint density at radius 3 is 2.24 bits per heavy atom. The van der Waals surface area contributed by atoms with Crippen LogP contribution in [-0.2, 0) is 6.54 Å². The number of hydrogen-bond donors (Lipinski definition) is 1. The predicted molar refractivity (Wildman–Crippen MR) is 81.6 cm³/mol. The number of rotatable bonds is 5. The zero-order valence-electron chi connectivity index (χ0n) is 13.2. The molecule has 0 saturated carbocycles. The molecule has 1 aromatic carbocycles. The van der Waals surface area contributed by atoms with Crippen LogP contribution in [0.25, 0.3) is 11.5 Å². The summed E-state index contributed by atoms with van der Waals surface area (Å²) in [5.41, 5.74) is 1.73. The molecule has 21 heavy (non-hydrogen) atoms. The second-order valence-corrected chi connectivity index (χ2v) is 5.85. The number of nitrogens with zero attached hydrogens (tertiary/aromatic N) is 1. The van der Waals surface area contributed by atoms with Gasteiger partial charge in [0.05, 0.1) is 19.9 Å². The van der Waals surface area contributed by atoms with Gasteiger partial charge in [-0.1, -0.05) is 0 Å². The van der Waals surface area contributed by atoms with E-state index < -0.39 is 0 Å². The zero-order chi connectivity index (χ0) is 15.5. The number of hydrogen-bond acceptors (Lipinski definition) is 5. The fourth-order valence-electron chi connectivity index (χ4n) is 1.81. The Bertz CT molecular complexity index is 578. The van der Waals surface area contributed by atoms with Crippen molar-refractivity contribution in [2.75, 3.05) is 14.2 Å². The van der Waals surface area contributed by atoms with Gasteiger partial charge in [0, 0.05) is 23.7 Å². The van der Waals surface area contributed by atoms with Crippen LogP contribution in [0.2, 0.25) is 0 Å². The van der Waals surface area contributed by atoms with E-state index in [4.69, 9.17) is 13.9 Å². The maximum absolute atomic E-state index is 5.55. The maximum atomic E-state index is 5.55. The molecule has 0 radical (unpaired) electrons. The monoisotopic (exact) mass is 290 g/mol. The van der Waals surface area contributed by atoms with E-state index in [1.165, 1.54) is 0 Å². The summed E-state index contributed by atoms with van der Waals surface area (Å²) in [6.07, 6.45) is 1.67. The lowest BCUT2D eigenvalue weighted by atomic mass is 10.1. The van der Waals surface area contributed by atoms with Crippen molar-refractivity contribution in [2.24, 2.45) is 0 Å². The number of nitrogens with one attached hydrogen (secondary N) is 1. The topological polar surface area (TPSA) is 56.5 Å². The third-order valence-electron chi connectivity index (χ3n) is 2.95. The van der Waals surface area contributed by atoms with E-state index in [0.29, 0.717) is 23.9 Å². The number of oxazole rings is 1. The molecule has 0 atom stereocenters. The molecule has 1 N–H and O–H groups in total. The quantitative estimate of drug-likeness (QED) is 0.916. The van der Waals surface area contributed by atoms with E-state index in [-0.39, 0.29) is 5.54 Å². The smallest absolute Gasteiger partial charge is 0.226 e. The van der Waals surface area contributed by atoms with E-state index in [0.717, 1.165) is 11.3 Å². The van der Waals surface area contributed by atoms with E-state index in [1.807, 2.05) is 18.2 Å². The molecule has 2 aromatic rings. The van der Waals surface area contributed by atoms with Gasteiger partial charge in [-0.05, 0) is 32.9 Å². The third-order valence-corrected chi connectivity index (χ3v) is 2.95. The van der Waals surface area contributed by atoms with Crippen molar-refractivity contribution in [1.29, 1.82) is 0 Å². The number of ether oxygens (including phenoxy) is 2. The molecule has 0 saturated heterocycles. The highest BCUT2D eigenvalue weighted by Crippen LogP contribution is 2.29. The van der Waals surface area contributed by atoms with Gasteiger partial charge in [0.25, 0.3) is 0 Å². The highest BCUT2D eigenvalue weighted by atomic mass is 16.5. The van der Waals surface area contributed by atoms with Crippen LogP contribution in [0.5, 0.6) is 11.5 Å². The molecule has 0 aliphatic heterocycles. The van der Waals surface area contributed by atoms with Crippen molar-refractivity contribution in [1.82, 2.24) is 10.3 Å². The van der Waals surface area contributed by atoms with Gasteiger partial charge < -0.3 is 19.2 Å². The number of methoxy groups -OCH3 is 2. The molecular formula is C16H22N2O3. The number of aromatic nitrogens is 1. The van der Waals surface area contributed by atoms with Gasteiger partial charge in [-0.15, -0.1) is 0 Å². The standard InChI is InChI=1S/C16H22N2O3/c1-16(2,3)17-9-12-10-21-15(18-12)11-6-13(19-4)8-14(7-11)20-5/h6-8,10,17H,9H2,1-5H3. The molecule has 2 rings (SSSR count). The molecule has 5 heteroatoms. The summed E-state index contributed by atoms with van der Waals surface area (Å²) in [5.74, 6) is 1.96. The van der Waals surface area contributed by atoms with Gasteiger partial charge in [-0.25, -0.2) is 4.98 Å². The first kappa shape index (κ1) is 15.4. The lowest BCUT2D eigenvalue weighted by molar-refractivity contribution is 0.394. The van der Waals surface area contributed by atoms with Crippen LogP contribution in [-0.4, -0.2) is 24.7 Å². The van der Waals surface area contributed by atoms with E-state index >= 15 is 0 Å². The van der Waals surface area contributed by atoms with Crippen LogP contribution in [0.15, 0.2) is 28.9 Å². The summed E-state index contributed by atoms with van der Waals surface area (Å²) in [5, 5.41) is 3.38. The SMILES string of the molecule is COc1cc(OC)cc(-c2nc(CNC(C)(C)C)co2)c1. The molecule has 5 nitrogen and oxygen atoms in total. The van der Waals surface area contributed by atoms with Gasteiger partial charge in [-0.3, -0.25) is 0 Å². The highest BCUT2D eigenvalue weighted by molar-refractivity contribution is 5.59. The lowest BCUT2D eigenvalue weighted by Crippen LogP contribution is -2.35. The zero-order valence-corrected chi connectivity index (χ0v) is 13.2. The summed E-state index contributed by atoms with van der Waals surface area (Å²) in [7, 11) is 3.24. The van der Waals surface area contributed by atoms with Crippen molar-refractivity contribution in [2.45, 2.75) is 32.9 Å². The second-order valence-electron chi connectivity index (χ2n) is 5.85. The molecule has 0 fully saturated rings. The van der Waals surface area contributed by atoms with Crippen molar-refractivity contribution in [3.8, 4) is 23.0 Å². The van der Waals surface area contributed by atoms with Crippen molar-refractivity contribution in [3.63, 3.8) is 0 Å². The Hall–Kier alpha value is -2.01. The Morgan fingerprint density at radius 2 is 1.71 bits per heavy atom. The summed E-state index contributed by atoms with van der Waals surface area (Å²) < 4.78 is 16.1. The Kier molecular flexibility index (Phi) is 4.53. The van der Waals surface area contributed by atoms with Crippen molar-refractivity contribution >= 4 is 0 Å². The minimum absolute atomic E-state index is 0.0400. The molecule has 114 valence electrons. The van der Waals surface area contributed by atoms with Gasteiger partial charge >= 0.3 is 0 Å². The Labute approximate surface area is 125 Å². The molecule has 0 aliphatic rings. The van der Waals surface area contributed by atoms with Crippen LogP contribution in [0.3, 0.4) is 0 Å². The van der Waals surface area contributed by atoms with Crippen LogP contribution < -0.4 is 14.8 Å². The summed E-state index contributed by atoms with van der Waals surface area (Å²) in [6, 6.07) is 5.55.